The van der Waals surface area contributed by atoms with Gasteiger partial charge in [0, 0.05) is 5.69 Å². The van der Waals surface area contributed by atoms with E-state index in [0.29, 0.717) is 10.7 Å². The molecule has 136 valence electrons. The largest absolute Gasteiger partial charge is 0.340 e. The normalized spacial score (nSPS) is 11.2. The number of carbonyl (C=O) groups is 2. The number of nitrogens with one attached hydrogen (secondary N) is 4. The molecule has 4 N–H and O–H groups in total. The first-order valence-corrected chi connectivity index (χ1v) is 8.33. The summed E-state index contributed by atoms with van der Waals surface area (Å²) in [6, 6.07) is 11.2. The second-order valence-electron chi connectivity index (χ2n) is 5.25. The Hall–Kier alpha value is -2.71. The predicted octanol–water partition coefficient (Wildman–Crippen LogP) is 2.62. The van der Waals surface area contributed by atoms with Crippen molar-refractivity contribution in [1.29, 1.82) is 0 Å². The molecule has 2 aromatic carbocycles. The number of anilines is 1. The number of rotatable bonds is 4. The SMILES string of the molecule is C[C@H](NC(=O)c1ccccc1Cl)C(=O)NNC(=S)Nc1ccc(F)cc1. The van der Waals surface area contributed by atoms with Crippen molar-refractivity contribution < 1.29 is 14.0 Å². The number of halogens is 2. The molecule has 9 heteroatoms. The number of benzene rings is 2. The van der Waals surface area contributed by atoms with Gasteiger partial charge in [-0.25, -0.2) is 4.39 Å². The zero-order valence-corrected chi connectivity index (χ0v) is 15.2. The highest BCUT2D eigenvalue weighted by atomic mass is 35.5. The maximum absolute atomic E-state index is 12.8. The van der Waals surface area contributed by atoms with Crippen molar-refractivity contribution in [3.63, 3.8) is 0 Å². The molecule has 0 saturated carbocycles. The van der Waals surface area contributed by atoms with Crippen LogP contribution < -0.4 is 21.5 Å². The van der Waals surface area contributed by atoms with Gasteiger partial charge in [0.25, 0.3) is 11.8 Å². The Bertz CT molecular complexity index is 817. The van der Waals surface area contributed by atoms with Gasteiger partial charge in [0.2, 0.25) is 0 Å². The van der Waals surface area contributed by atoms with Gasteiger partial charge in [-0.2, -0.15) is 0 Å². The van der Waals surface area contributed by atoms with Gasteiger partial charge in [0.05, 0.1) is 10.6 Å². The number of hydrazine groups is 1. The molecule has 0 heterocycles. The molecule has 6 nitrogen and oxygen atoms in total. The zero-order chi connectivity index (χ0) is 19.1. The van der Waals surface area contributed by atoms with E-state index < -0.39 is 17.9 Å². The molecule has 1 atom stereocenters. The lowest BCUT2D eigenvalue weighted by Crippen LogP contribution is -2.51. The standard InChI is InChI=1S/C17H16ClFN4O2S/c1-10(20-16(25)13-4-2-3-5-14(13)18)15(24)22-23-17(26)21-12-8-6-11(19)7-9-12/h2-10H,1H3,(H,20,25)(H,22,24)(H2,21,23,26)/t10-/m0/s1. The molecule has 0 unspecified atom stereocenters. The summed E-state index contributed by atoms with van der Waals surface area (Å²) in [6.07, 6.45) is 0. The highest BCUT2D eigenvalue weighted by Crippen LogP contribution is 2.14. The summed E-state index contributed by atoms with van der Waals surface area (Å²) in [5, 5.41) is 5.71. The summed E-state index contributed by atoms with van der Waals surface area (Å²) in [5.74, 6) is -1.34. The van der Waals surface area contributed by atoms with Gasteiger partial charge in [-0.15, -0.1) is 0 Å². The van der Waals surface area contributed by atoms with Crippen molar-refractivity contribution in [2.45, 2.75) is 13.0 Å². The number of amides is 2. The van der Waals surface area contributed by atoms with Crippen molar-refractivity contribution in [2.24, 2.45) is 0 Å². The highest BCUT2D eigenvalue weighted by Gasteiger charge is 2.18. The molecule has 0 bridgehead atoms. The Balaban J connectivity index is 1.81. The highest BCUT2D eigenvalue weighted by molar-refractivity contribution is 7.80. The van der Waals surface area contributed by atoms with E-state index in [2.05, 4.69) is 21.5 Å². The molecule has 0 aromatic heterocycles. The zero-order valence-electron chi connectivity index (χ0n) is 13.7. The van der Waals surface area contributed by atoms with Crippen molar-refractivity contribution in [3.8, 4) is 0 Å². The second-order valence-corrected chi connectivity index (χ2v) is 6.07. The van der Waals surface area contributed by atoms with Crippen LogP contribution in [0, 0.1) is 5.82 Å². The summed E-state index contributed by atoms with van der Waals surface area (Å²) < 4.78 is 12.8. The lowest BCUT2D eigenvalue weighted by Gasteiger charge is -2.16. The first kappa shape index (κ1) is 19.6. The molecule has 2 rings (SSSR count). The van der Waals surface area contributed by atoms with E-state index >= 15 is 0 Å². The molecule has 0 aliphatic carbocycles. The number of hydrogen-bond donors (Lipinski definition) is 4. The third-order valence-electron chi connectivity index (χ3n) is 3.26. The van der Waals surface area contributed by atoms with Crippen LogP contribution in [0.3, 0.4) is 0 Å². The molecule has 0 fully saturated rings. The molecule has 2 aromatic rings. The van der Waals surface area contributed by atoms with Crippen LogP contribution in [-0.2, 0) is 4.79 Å². The van der Waals surface area contributed by atoms with Crippen molar-refractivity contribution in [3.05, 3.63) is 64.9 Å². The van der Waals surface area contributed by atoms with E-state index in [0.717, 1.165) is 0 Å². The maximum atomic E-state index is 12.8. The van der Waals surface area contributed by atoms with Gasteiger partial charge in [0.15, 0.2) is 5.11 Å². The molecule has 26 heavy (non-hydrogen) atoms. The van der Waals surface area contributed by atoms with Crippen molar-refractivity contribution >= 4 is 46.4 Å². The minimum absolute atomic E-state index is 0.106. The molecule has 0 saturated heterocycles. The average Bonchev–Trinajstić information content (AvgIpc) is 2.61. The summed E-state index contributed by atoms with van der Waals surface area (Å²) in [4.78, 5) is 24.2. The minimum atomic E-state index is -0.833. The van der Waals surface area contributed by atoms with Crippen LogP contribution in [0.4, 0.5) is 10.1 Å². The third-order valence-corrected chi connectivity index (χ3v) is 3.79. The molecular weight excluding hydrogens is 379 g/mol. The fourth-order valence-corrected chi connectivity index (χ4v) is 2.30. The molecule has 2 amide bonds. The lowest BCUT2D eigenvalue weighted by molar-refractivity contribution is -0.123. The molecular formula is C17H16ClFN4O2S. The summed E-state index contributed by atoms with van der Waals surface area (Å²) in [6.45, 7) is 1.52. The van der Waals surface area contributed by atoms with Crippen LogP contribution in [0.1, 0.15) is 17.3 Å². The summed E-state index contributed by atoms with van der Waals surface area (Å²) in [7, 11) is 0. The van der Waals surface area contributed by atoms with E-state index in [1.807, 2.05) is 0 Å². The van der Waals surface area contributed by atoms with Crippen LogP contribution >= 0.6 is 23.8 Å². The fourth-order valence-electron chi connectivity index (χ4n) is 1.91. The van der Waals surface area contributed by atoms with Gasteiger partial charge in [-0.05, 0) is 55.5 Å². The van der Waals surface area contributed by atoms with Gasteiger partial charge in [0.1, 0.15) is 11.9 Å². The van der Waals surface area contributed by atoms with Crippen LogP contribution in [0.15, 0.2) is 48.5 Å². The summed E-state index contributed by atoms with van der Waals surface area (Å²) >= 11 is 11.0. The molecule has 0 spiro atoms. The van der Waals surface area contributed by atoms with Gasteiger partial charge in [-0.3, -0.25) is 20.4 Å². The van der Waals surface area contributed by atoms with Crippen molar-refractivity contribution in [1.82, 2.24) is 16.2 Å². The smallest absolute Gasteiger partial charge is 0.260 e. The fraction of sp³-hybridized carbons (Fsp3) is 0.118. The van der Waals surface area contributed by atoms with Gasteiger partial charge < -0.3 is 10.6 Å². The first-order valence-electron chi connectivity index (χ1n) is 7.54. The Kier molecular flexibility index (Phi) is 6.88. The van der Waals surface area contributed by atoms with E-state index in [9.17, 15) is 14.0 Å². The van der Waals surface area contributed by atoms with Crippen LogP contribution in [0.5, 0.6) is 0 Å². The average molecular weight is 395 g/mol. The maximum Gasteiger partial charge on any atom is 0.260 e. The minimum Gasteiger partial charge on any atom is -0.340 e. The van der Waals surface area contributed by atoms with Crippen LogP contribution in [0.25, 0.3) is 0 Å². The Morgan fingerprint density at radius 1 is 1.08 bits per heavy atom. The molecule has 0 aliphatic rings. The van der Waals surface area contributed by atoms with Gasteiger partial charge >= 0.3 is 0 Å². The topological polar surface area (TPSA) is 82.3 Å². The monoisotopic (exact) mass is 394 g/mol. The quantitative estimate of drug-likeness (QED) is 0.473. The van der Waals surface area contributed by atoms with E-state index in [4.69, 9.17) is 23.8 Å². The molecule has 0 radical (unpaired) electrons. The lowest BCUT2D eigenvalue weighted by atomic mass is 10.2. The van der Waals surface area contributed by atoms with Gasteiger partial charge in [-0.1, -0.05) is 23.7 Å². The Labute approximate surface area is 160 Å². The van der Waals surface area contributed by atoms with E-state index in [1.165, 1.54) is 31.2 Å². The predicted molar refractivity (Wildman–Crippen MR) is 102 cm³/mol. The second kappa shape index (κ2) is 9.12. The van der Waals surface area contributed by atoms with Crippen LogP contribution in [-0.4, -0.2) is 23.0 Å². The molecule has 0 aliphatic heterocycles. The number of thiocarbonyl (C=S) groups is 1. The third kappa shape index (κ3) is 5.68. The summed E-state index contributed by atoms with van der Waals surface area (Å²) in [5.41, 5.74) is 5.70. The number of hydrogen-bond acceptors (Lipinski definition) is 3. The Morgan fingerprint density at radius 2 is 1.73 bits per heavy atom. The first-order chi connectivity index (χ1) is 12.4. The van der Waals surface area contributed by atoms with E-state index in [-0.39, 0.29) is 16.5 Å². The van der Waals surface area contributed by atoms with Crippen molar-refractivity contribution in [2.75, 3.05) is 5.32 Å². The van der Waals surface area contributed by atoms with Crippen LogP contribution in [0.2, 0.25) is 5.02 Å². The number of carbonyl (C=O) groups excluding carboxylic acids is 2. The van der Waals surface area contributed by atoms with E-state index in [1.54, 1.807) is 24.3 Å². The Morgan fingerprint density at radius 3 is 2.38 bits per heavy atom.